The Hall–Kier alpha value is -2.05. The van der Waals surface area contributed by atoms with E-state index in [-0.39, 0.29) is 24.9 Å². The fourth-order valence-corrected chi connectivity index (χ4v) is 2.45. The van der Waals surface area contributed by atoms with Crippen molar-refractivity contribution in [3.05, 3.63) is 29.5 Å². The summed E-state index contributed by atoms with van der Waals surface area (Å²) in [6.07, 6.45) is 0. The number of carbonyl (C=O) groups excluding carboxylic acids is 1. The van der Waals surface area contributed by atoms with E-state index in [2.05, 4.69) is 5.32 Å². The second-order valence-corrected chi connectivity index (χ2v) is 5.03. The number of nitrogens with one attached hydrogen (secondary N) is 1. The third-order valence-electron chi connectivity index (χ3n) is 3.63. The summed E-state index contributed by atoms with van der Waals surface area (Å²) in [5, 5.41) is 22.3. The van der Waals surface area contributed by atoms with Crippen molar-refractivity contribution >= 4 is 16.8 Å². The summed E-state index contributed by atoms with van der Waals surface area (Å²) >= 11 is 0. The molecule has 21 heavy (non-hydrogen) atoms. The van der Waals surface area contributed by atoms with Crippen molar-refractivity contribution < 1.29 is 19.7 Å². The average Bonchev–Trinajstić information content (AvgIpc) is 2.69. The van der Waals surface area contributed by atoms with Gasteiger partial charge >= 0.3 is 0 Å². The minimum Gasteiger partial charge on any atom is -0.508 e. The zero-order chi connectivity index (χ0) is 15.6. The SMILES string of the molecule is COCC(CO)NC(=O)c1c(C)n(C)c2ccc(O)cc12. The van der Waals surface area contributed by atoms with Crippen LogP contribution in [0.1, 0.15) is 16.1 Å². The zero-order valence-corrected chi connectivity index (χ0v) is 12.4. The summed E-state index contributed by atoms with van der Waals surface area (Å²) in [6, 6.07) is 4.47. The van der Waals surface area contributed by atoms with Crippen LogP contribution in [-0.2, 0) is 11.8 Å². The molecule has 0 bridgehead atoms. The van der Waals surface area contributed by atoms with Gasteiger partial charge in [0.15, 0.2) is 0 Å². The largest absolute Gasteiger partial charge is 0.508 e. The van der Waals surface area contributed by atoms with Crippen LogP contribution in [0.15, 0.2) is 18.2 Å². The van der Waals surface area contributed by atoms with E-state index in [1.807, 2.05) is 18.5 Å². The number of nitrogens with zero attached hydrogens (tertiary/aromatic N) is 1. The van der Waals surface area contributed by atoms with Crippen LogP contribution >= 0.6 is 0 Å². The van der Waals surface area contributed by atoms with E-state index in [0.29, 0.717) is 10.9 Å². The number of aliphatic hydroxyl groups excluding tert-OH is 1. The number of rotatable bonds is 5. The maximum Gasteiger partial charge on any atom is 0.254 e. The Balaban J connectivity index is 2.43. The molecule has 0 aliphatic carbocycles. The molecule has 1 aromatic carbocycles. The molecular weight excluding hydrogens is 272 g/mol. The Morgan fingerprint density at radius 3 is 2.81 bits per heavy atom. The highest BCUT2D eigenvalue weighted by molar-refractivity contribution is 6.08. The first-order chi connectivity index (χ1) is 9.99. The van der Waals surface area contributed by atoms with E-state index < -0.39 is 6.04 Å². The fourth-order valence-electron chi connectivity index (χ4n) is 2.45. The maximum atomic E-state index is 12.5. The predicted octanol–water partition coefficient (Wildman–Crippen LogP) is 0.929. The molecule has 1 atom stereocenters. The van der Waals surface area contributed by atoms with Crippen LogP contribution in [0, 0.1) is 6.92 Å². The van der Waals surface area contributed by atoms with Crippen molar-refractivity contribution in [2.75, 3.05) is 20.3 Å². The van der Waals surface area contributed by atoms with Gasteiger partial charge in [0.1, 0.15) is 5.75 Å². The zero-order valence-electron chi connectivity index (χ0n) is 12.4. The third-order valence-corrected chi connectivity index (χ3v) is 3.63. The van der Waals surface area contributed by atoms with Gasteiger partial charge in [0, 0.05) is 30.8 Å². The number of hydrogen-bond acceptors (Lipinski definition) is 4. The van der Waals surface area contributed by atoms with Crippen LogP contribution in [0.3, 0.4) is 0 Å². The molecule has 1 amide bonds. The molecule has 0 saturated heterocycles. The standard InChI is InChI=1S/C15H20N2O4/c1-9-14(15(20)16-10(7-18)8-21-3)12-6-11(19)4-5-13(12)17(9)2/h4-6,10,18-19H,7-8H2,1-3H3,(H,16,20). The Morgan fingerprint density at radius 1 is 1.48 bits per heavy atom. The molecule has 1 heterocycles. The first-order valence-corrected chi connectivity index (χ1v) is 6.68. The molecule has 0 aliphatic heterocycles. The summed E-state index contributed by atoms with van der Waals surface area (Å²) in [7, 11) is 3.38. The topological polar surface area (TPSA) is 83.7 Å². The summed E-state index contributed by atoms with van der Waals surface area (Å²) in [5.74, 6) is -0.183. The molecule has 2 aromatic rings. The van der Waals surface area contributed by atoms with Crippen molar-refractivity contribution in [2.45, 2.75) is 13.0 Å². The van der Waals surface area contributed by atoms with Gasteiger partial charge in [0.05, 0.1) is 24.8 Å². The number of aryl methyl sites for hydroxylation is 1. The number of methoxy groups -OCH3 is 1. The highest BCUT2D eigenvalue weighted by atomic mass is 16.5. The van der Waals surface area contributed by atoms with Crippen molar-refractivity contribution in [2.24, 2.45) is 7.05 Å². The molecule has 1 aromatic heterocycles. The number of phenols is 1. The monoisotopic (exact) mass is 292 g/mol. The molecule has 0 aliphatic rings. The molecule has 6 nitrogen and oxygen atoms in total. The molecule has 0 saturated carbocycles. The number of amides is 1. The lowest BCUT2D eigenvalue weighted by molar-refractivity contribution is 0.0840. The Labute approximate surface area is 123 Å². The molecule has 3 N–H and O–H groups in total. The number of aromatic nitrogens is 1. The van der Waals surface area contributed by atoms with Crippen LogP contribution in [0.4, 0.5) is 0 Å². The summed E-state index contributed by atoms with van der Waals surface area (Å²) < 4.78 is 6.85. The lowest BCUT2D eigenvalue weighted by atomic mass is 10.1. The third kappa shape index (κ3) is 2.86. The summed E-state index contributed by atoms with van der Waals surface area (Å²) in [6.45, 7) is 1.88. The van der Waals surface area contributed by atoms with Gasteiger partial charge in [0.25, 0.3) is 5.91 Å². The first kappa shape index (κ1) is 15.3. The van der Waals surface area contributed by atoms with E-state index in [4.69, 9.17) is 4.74 Å². The van der Waals surface area contributed by atoms with Crippen LogP contribution < -0.4 is 5.32 Å². The number of carbonyl (C=O) groups is 1. The average molecular weight is 292 g/mol. The van der Waals surface area contributed by atoms with Crippen LogP contribution in [-0.4, -0.2) is 47.1 Å². The highest BCUT2D eigenvalue weighted by Gasteiger charge is 2.21. The summed E-state index contributed by atoms with van der Waals surface area (Å²) in [5.41, 5.74) is 2.16. The molecule has 0 radical (unpaired) electrons. The van der Waals surface area contributed by atoms with Gasteiger partial charge in [0.2, 0.25) is 0 Å². The molecule has 1 unspecified atom stereocenters. The number of benzene rings is 1. The normalized spacial score (nSPS) is 12.6. The van der Waals surface area contributed by atoms with Gasteiger partial charge in [-0.1, -0.05) is 0 Å². The van der Waals surface area contributed by atoms with E-state index >= 15 is 0 Å². The maximum absolute atomic E-state index is 12.5. The van der Waals surface area contributed by atoms with Gasteiger partial charge in [-0.15, -0.1) is 0 Å². The van der Waals surface area contributed by atoms with Gasteiger partial charge in [-0.3, -0.25) is 4.79 Å². The van der Waals surface area contributed by atoms with Crippen LogP contribution in [0.25, 0.3) is 10.9 Å². The number of fused-ring (bicyclic) bond motifs is 1. The smallest absolute Gasteiger partial charge is 0.254 e. The first-order valence-electron chi connectivity index (χ1n) is 6.68. The quantitative estimate of drug-likeness (QED) is 0.765. The van der Waals surface area contributed by atoms with E-state index in [1.54, 1.807) is 18.2 Å². The van der Waals surface area contributed by atoms with Gasteiger partial charge in [-0.2, -0.15) is 0 Å². The molecule has 0 fully saturated rings. The van der Waals surface area contributed by atoms with Crippen molar-refractivity contribution in [1.29, 1.82) is 0 Å². The molecule has 114 valence electrons. The van der Waals surface area contributed by atoms with E-state index in [9.17, 15) is 15.0 Å². The van der Waals surface area contributed by atoms with Gasteiger partial charge in [-0.05, 0) is 25.1 Å². The number of aromatic hydroxyl groups is 1. The Bertz CT molecular complexity index is 663. The second kappa shape index (κ2) is 6.15. The van der Waals surface area contributed by atoms with E-state index in [0.717, 1.165) is 11.2 Å². The highest BCUT2D eigenvalue weighted by Crippen LogP contribution is 2.28. The number of aliphatic hydroxyl groups is 1. The summed E-state index contributed by atoms with van der Waals surface area (Å²) in [4.78, 5) is 12.5. The number of phenolic OH excluding ortho intramolecular Hbond substituents is 1. The Morgan fingerprint density at radius 2 is 2.19 bits per heavy atom. The van der Waals surface area contributed by atoms with Crippen molar-refractivity contribution in [1.82, 2.24) is 9.88 Å². The van der Waals surface area contributed by atoms with E-state index in [1.165, 1.54) is 7.11 Å². The molecule has 6 heteroatoms. The van der Waals surface area contributed by atoms with Crippen molar-refractivity contribution in [3.8, 4) is 5.75 Å². The number of hydrogen-bond donors (Lipinski definition) is 3. The minimum atomic E-state index is -0.463. The van der Waals surface area contributed by atoms with Crippen LogP contribution in [0.2, 0.25) is 0 Å². The second-order valence-electron chi connectivity index (χ2n) is 5.03. The lowest BCUT2D eigenvalue weighted by Gasteiger charge is -2.15. The van der Waals surface area contributed by atoms with Gasteiger partial charge in [-0.25, -0.2) is 0 Å². The number of ether oxygens (including phenoxy) is 1. The molecule has 0 spiro atoms. The molecular formula is C15H20N2O4. The fraction of sp³-hybridized carbons (Fsp3) is 0.400. The van der Waals surface area contributed by atoms with Crippen LogP contribution in [0.5, 0.6) is 5.75 Å². The van der Waals surface area contributed by atoms with Crippen molar-refractivity contribution in [3.63, 3.8) is 0 Å². The minimum absolute atomic E-state index is 0.109. The Kier molecular flexibility index (Phi) is 4.50. The molecule has 2 rings (SSSR count). The van der Waals surface area contributed by atoms with Gasteiger partial charge < -0.3 is 24.8 Å². The predicted molar refractivity (Wildman–Crippen MR) is 79.5 cm³/mol. The lowest BCUT2D eigenvalue weighted by Crippen LogP contribution is -2.40.